The minimum Gasteiger partial charge on any atom is -0.444 e. The first-order chi connectivity index (χ1) is 13.3. The van der Waals surface area contributed by atoms with Gasteiger partial charge in [0.1, 0.15) is 5.60 Å². The van der Waals surface area contributed by atoms with E-state index in [2.05, 4.69) is 22.3 Å². The third-order valence-corrected chi connectivity index (χ3v) is 6.91. The Morgan fingerprint density at radius 1 is 1.14 bits per heavy atom. The summed E-state index contributed by atoms with van der Waals surface area (Å²) in [4.78, 5) is 14.6. The highest BCUT2D eigenvalue weighted by atomic mass is 16.6. The molecular weight excluding hydrogens is 352 g/mol. The summed E-state index contributed by atoms with van der Waals surface area (Å²) in [5.74, 6) is 0.660. The maximum absolute atomic E-state index is 12.1. The van der Waals surface area contributed by atoms with Crippen molar-refractivity contribution in [3.63, 3.8) is 0 Å². The average molecular weight is 387 g/mol. The van der Waals surface area contributed by atoms with Crippen LogP contribution in [0.5, 0.6) is 0 Å². The molecule has 0 aromatic heterocycles. The fourth-order valence-corrected chi connectivity index (χ4v) is 5.71. The lowest BCUT2D eigenvalue weighted by molar-refractivity contribution is -0.0855. The first-order valence-corrected chi connectivity index (χ1v) is 10.8. The Bertz CT molecular complexity index is 686. The van der Waals surface area contributed by atoms with E-state index in [4.69, 9.17) is 4.74 Å². The van der Waals surface area contributed by atoms with Gasteiger partial charge >= 0.3 is 6.09 Å². The number of nitrogens with zero attached hydrogens (tertiary/aromatic N) is 1. The van der Waals surface area contributed by atoms with Gasteiger partial charge in [-0.25, -0.2) is 4.79 Å². The van der Waals surface area contributed by atoms with Crippen molar-refractivity contribution in [2.45, 2.75) is 76.2 Å². The first kappa shape index (κ1) is 19.7. The average Bonchev–Trinajstić information content (AvgIpc) is 3.12. The quantitative estimate of drug-likeness (QED) is 0.832. The molecule has 5 heteroatoms. The zero-order chi connectivity index (χ0) is 19.9. The summed E-state index contributed by atoms with van der Waals surface area (Å²) < 4.78 is 5.40. The van der Waals surface area contributed by atoms with Crippen molar-refractivity contribution >= 4 is 6.09 Å². The summed E-state index contributed by atoms with van der Waals surface area (Å²) in [6.45, 7) is 7.55. The molecule has 1 aliphatic heterocycles. The second kappa shape index (κ2) is 7.34. The van der Waals surface area contributed by atoms with Gasteiger partial charge in [-0.2, -0.15) is 0 Å². The highest BCUT2D eigenvalue weighted by Gasteiger charge is 2.55. The van der Waals surface area contributed by atoms with E-state index in [1.807, 2.05) is 39.0 Å². The SMILES string of the molecule is CC(C)(C)OC(=O)N[C@@H]1CCN(C2CC3CCC(C2)C3(O)c2ccccc2)C1. The molecule has 0 radical (unpaired) electrons. The second-order valence-corrected chi connectivity index (χ2v) is 9.91. The number of benzene rings is 1. The lowest BCUT2D eigenvalue weighted by Crippen LogP contribution is -2.49. The summed E-state index contributed by atoms with van der Waals surface area (Å²) in [5.41, 5.74) is -0.0368. The van der Waals surface area contributed by atoms with E-state index in [1.54, 1.807) is 0 Å². The molecule has 1 saturated heterocycles. The van der Waals surface area contributed by atoms with Gasteiger partial charge in [-0.05, 0) is 70.3 Å². The molecule has 2 bridgehead atoms. The predicted molar refractivity (Wildman–Crippen MR) is 109 cm³/mol. The molecule has 154 valence electrons. The molecule has 3 fully saturated rings. The van der Waals surface area contributed by atoms with Crippen LogP contribution < -0.4 is 5.32 Å². The maximum Gasteiger partial charge on any atom is 0.407 e. The van der Waals surface area contributed by atoms with Gasteiger partial charge in [0.05, 0.1) is 5.60 Å². The number of likely N-dealkylation sites (tertiary alicyclic amines) is 1. The maximum atomic E-state index is 12.1. The van der Waals surface area contributed by atoms with E-state index in [-0.39, 0.29) is 12.1 Å². The molecule has 1 amide bonds. The molecule has 2 saturated carbocycles. The lowest BCUT2D eigenvalue weighted by atomic mass is 9.68. The van der Waals surface area contributed by atoms with Gasteiger partial charge in [-0.15, -0.1) is 0 Å². The topological polar surface area (TPSA) is 61.8 Å². The number of nitrogens with one attached hydrogen (secondary N) is 1. The second-order valence-electron chi connectivity index (χ2n) is 9.91. The number of amides is 1. The van der Waals surface area contributed by atoms with Gasteiger partial charge < -0.3 is 15.2 Å². The van der Waals surface area contributed by atoms with Crippen LogP contribution in [0.2, 0.25) is 0 Å². The molecule has 1 heterocycles. The van der Waals surface area contributed by atoms with Crippen molar-refractivity contribution < 1.29 is 14.6 Å². The van der Waals surface area contributed by atoms with E-state index in [0.29, 0.717) is 17.9 Å². The van der Waals surface area contributed by atoms with E-state index in [0.717, 1.165) is 50.8 Å². The highest BCUT2D eigenvalue weighted by Crippen LogP contribution is 2.56. The summed E-state index contributed by atoms with van der Waals surface area (Å²) >= 11 is 0. The minimum absolute atomic E-state index is 0.155. The number of carbonyl (C=O) groups is 1. The van der Waals surface area contributed by atoms with Crippen LogP contribution >= 0.6 is 0 Å². The van der Waals surface area contributed by atoms with Crippen molar-refractivity contribution in [2.75, 3.05) is 13.1 Å². The number of hydrogen-bond acceptors (Lipinski definition) is 4. The molecule has 2 N–H and O–H groups in total. The van der Waals surface area contributed by atoms with Gasteiger partial charge in [0.25, 0.3) is 0 Å². The highest BCUT2D eigenvalue weighted by molar-refractivity contribution is 5.68. The summed E-state index contributed by atoms with van der Waals surface area (Å²) in [6, 6.07) is 10.9. The number of ether oxygens (including phenoxy) is 1. The fraction of sp³-hybridized carbons (Fsp3) is 0.696. The van der Waals surface area contributed by atoms with Crippen molar-refractivity contribution in [1.29, 1.82) is 0 Å². The van der Waals surface area contributed by atoms with Gasteiger partial charge in [-0.1, -0.05) is 30.3 Å². The lowest BCUT2D eigenvalue weighted by Gasteiger charge is -2.45. The molecule has 2 unspecified atom stereocenters. The van der Waals surface area contributed by atoms with Gasteiger partial charge in [0.15, 0.2) is 0 Å². The summed E-state index contributed by atoms with van der Waals surface area (Å²) in [7, 11) is 0. The largest absolute Gasteiger partial charge is 0.444 e. The number of fused-ring (bicyclic) bond motifs is 2. The Morgan fingerprint density at radius 3 is 2.39 bits per heavy atom. The van der Waals surface area contributed by atoms with Crippen LogP contribution in [0.3, 0.4) is 0 Å². The molecule has 4 rings (SSSR count). The number of aliphatic hydroxyl groups is 1. The van der Waals surface area contributed by atoms with Crippen LogP contribution in [-0.2, 0) is 10.3 Å². The zero-order valence-corrected chi connectivity index (χ0v) is 17.4. The standard InChI is InChI=1S/C23H34N2O3/c1-22(2,3)28-21(26)24-19-11-12-25(15-19)20-13-17-9-10-18(14-20)23(17,27)16-7-5-4-6-8-16/h4-8,17-20,27H,9-15H2,1-3H3,(H,24,26)/t17?,18?,19-,20?,23?/m1/s1. The van der Waals surface area contributed by atoms with E-state index in [9.17, 15) is 9.90 Å². The molecule has 2 aliphatic carbocycles. The molecule has 1 aromatic rings. The van der Waals surface area contributed by atoms with Crippen LogP contribution in [0.1, 0.15) is 58.4 Å². The normalized spacial score (nSPS) is 35.7. The van der Waals surface area contributed by atoms with Crippen molar-refractivity contribution in [1.82, 2.24) is 10.2 Å². The van der Waals surface area contributed by atoms with Crippen LogP contribution in [-0.4, -0.2) is 46.9 Å². The third kappa shape index (κ3) is 3.79. The van der Waals surface area contributed by atoms with E-state index >= 15 is 0 Å². The molecule has 3 atom stereocenters. The minimum atomic E-state index is -0.661. The van der Waals surface area contributed by atoms with Crippen LogP contribution in [0.15, 0.2) is 30.3 Å². The van der Waals surface area contributed by atoms with Gasteiger partial charge in [0, 0.05) is 25.2 Å². The molecule has 5 nitrogen and oxygen atoms in total. The molecular formula is C23H34N2O3. The Labute approximate surface area is 168 Å². The Kier molecular flexibility index (Phi) is 5.17. The Hall–Kier alpha value is -1.59. The number of alkyl carbamates (subject to hydrolysis) is 1. The number of carbonyl (C=O) groups excluding carboxylic acids is 1. The van der Waals surface area contributed by atoms with Crippen molar-refractivity contribution in [3.8, 4) is 0 Å². The first-order valence-electron chi connectivity index (χ1n) is 10.8. The van der Waals surface area contributed by atoms with Crippen LogP contribution in [0.25, 0.3) is 0 Å². The van der Waals surface area contributed by atoms with Gasteiger partial charge in [-0.3, -0.25) is 4.90 Å². The van der Waals surface area contributed by atoms with Crippen molar-refractivity contribution in [2.24, 2.45) is 11.8 Å². The van der Waals surface area contributed by atoms with Gasteiger partial charge in [0.2, 0.25) is 0 Å². The zero-order valence-electron chi connectivity index (χ0n) is 17.4. The number of rotatable bonds is 3. The molecule has 3 aliphatic rings. The molecule has 1 aromatic carbocycles. The van der Waals surface area contributed by atoms with Crippen LogP contribution in [0, 0.1) is 11.8 Å². The monoisotopic (exact) mass is 386 g/mol. The molecule has 28 heavy (non-hydrogen) atoms. The van der Waals surface area contributed by atoms with E-state index < -0.39 is 11.2 Å². The fourth-order valence-electron chi connectivity index (χ4n) is 5.71. The number of hydrogen-bond donors (Lipinski definition) is 2. The Balaban J connectivity index is 1.36. The van der Waals surface area contributed by atoms with Crippen molar-refractivity contribution in [3.05, 3.63) is 35.9 Å². The summed E-state index contributed by atoms with van der Waals surface area (Å²) in [6.07, 6.45) is 4.96. The van der Waals surface area contributed by atoms with Crippen LogP contribution in [0.4, 0.5) is 4.79 Å². The Morgan fingerprint density at radius 2 is 1.79 bits per heavy atom. The smallest absolute Gasteiger partial charge is 0.407 e. The van der Waals surface area contributed by atoms with E-state index in [1.165, 1.54) is 0 Å². The predicted octanol–water partition coefficient (Wildman–Crippen LogP) is 3.66. The summed E-state index contributed by atoms with van der Waals surface area (Å²) in [5, 5.41) is 14.6. The molecule has 0 spiro atoms. The third-order valence-electron chi connectivity index (χ3n) is 6.91.